The lowest BCUT2D eigenvalue weighted by molar-refractivity contribution is 0.102. The zero-order valence-electron chi connectivity index (χ0n) is 16.2. The third kappa shape index (κ3) is 4.63. The number of nitrogens with zero attached hydrogens (tertiary/aromatic N) is 1. The highest BCUT2D eigenvalue weighted by Crippen LogP contribution is 2.30. The van der Waals surface area contributed by atoms with Crippen molar-refractivity contribution in [3.05, 3.63) is 60.2 Å². The zero-order valence-corrected chi connectivity index (χ0v) is 17.0. The van der Waals surface area contributed by atoms with Gasteiger partial charge in [-0.25, -0.2) is 0 Å². The zero-order chi connectivity index (χ0) is 20.1. The number of nitrogens with one attached hydrogen (secondary N) is 2. The van der Waals surface area contributed by atoms with Crippen LogP contribution < -0.4 is 10.1 Å². The number of H-pyrrole nitrogens is 1. The number of ether oxygens (including phenoxy) is 2. The predicted molar refractivity (Wildman–Crippen MR) is 115 cm³/mol. The van der Waals surface area contributed by atoms with Gasteiger partial charge in [0.15, 0.2) is 5.82 Å². The summed E-state index contributed by atoms with van der Waals surface area (Å²) in [5.74, 6) is 1.88. The molecule has 1 saturated heterocycles. The number of hydrogen-bond acceptors (Lipinski definition) is 5. The molecule has 0 saturated carbocycles. The Hall–Kier alpha value is -2.77. The van der Waals surface area contributed by atoms with Crippen LogP contribution in [0.4, 0.5) is 5.82 Å². The topological polar surface area (TPSA) is 76.2 Å². The number of para-hydroxylation sites is 1. The number of amides is 1. The lowest BCUT2D eigenvalue weighted by Gasteiger charge is -2.11. The van der Waals surface area contributed by atoms with Crippen molar-refractivity contribution >= 4 is 23.5 Å². The Bertz CT molecular complexity index is 983. The number of thioether (sulfide) groups is 1. The Morgan fingerprint density at radius 3 is 2.93 bits per heavy atom. The van der Waals surface area contributed by atoms with Crippen molar-refractivity contribution in [3.8, 4) is 17.0 Å². The first kappa shape index (κ1) is 19.5. The number of anilines is 1. The molecule has 1 unspecified atom stereocenters. The van der Waals surface area contributed by atoms with Gasteiger partial charge in [0.25, 0.3) is 5.91 Å². The number of benzene rings is 2. The fraction of sp³-hybridized carbons (Fsp3) is 0.273. The quantitative estimate of drug-likeness (QED) is 0.558. The molecule has 2 aromatic carbocycles. The largest absolute Gasteiger partial charge is 0.496 e. The van der Waals surface area contributed by atoms with Gasteiger partial charge in [0.1, 0.15) is 5.75 Å². The highest BCUT2D eigenvalue weighted by atomic mass is 32.2. The van der Waals surface area contributed by atoms with Gasteiger partial charge in [-0.05, 0) is 37.1 Å². The lowest BCUT2D eigenvalue weighted by atomic mass is 10.1. The third-order valence-electron chi connectivity index (χ3n) is 4.80. The summed E-state index contributed by atoms with van der Waals surface area (Å²) >= 11 is 1.66. The molecule has 0 radical (unpaired) electrons. The smallest absolute Gasteiger partial charge is 0.257 e. The maximum atomic E-state index is 12.9. The van der Waals surface area contributed by atoms with E-state index in [1.807, 2.05) is 48.5 Å². The molecule has 4 rings (SSSR count). The number of methoxy groups -OCH3 is 1. The molecule has 0 aliphatic carbocycles. The van der Waals surface area contributed by atoms with E-state index in [0.717, 1.165) is 47.1 Å². The van der Waals surface area contributed by atoms with Crippen molar-refractivity contribution in [3.63, 3.8) is 0 Å². The lowest BCUT2D eigenvalue weighted by Crippen LogP contribution is -2.14. The van der Waals surface area contributed by atoms with E-state index in [9.17, 15) is 4.79 Å². The number of carbonyl (C=O) groups is 1. The SMILES string of the molecule is COc1ccccc1-c1cc(NC(=O)c2ccccc2SCC2CCCO2)n[nH]1. The summed E-state index contributed by atoms with van der Waals surface area (Å²) in [6, 6.07) is 17.1. The molecule has 0 bridgehead atoms. The highest BCUT2D eigenvalue weighted by molar-refractivity contribution is 7.99. The Morgan fingerprint density at radius 2 is 2.10 bits per heavy atom. The monoisotopic (exact) mass is 409 g/mol. The maximum absolute atomic E-state index is 12.9. The van der Waals surface area contributed by atoms with Gasteiger partial charge >= 0.3 is 0 Å². The average Bonchev–Trinajstić information content (AvgIpc) is 3.44. The van der Waals surface area contributed by atoms with E-state index < -0.39 is 0 Å². The molecule has 6 nitrogen and oxygen atoms in total. The molecule has 1 amide bonds. The van der Waals surface area contributed by atoms with Crippen LogP contribution in [0.2, 0.25) is 0 Å². The van der Waals surface area contributed by atoms with E-state index in [1.54, 1.807) is 24.9 Å². The molecule has 1 aliphatic rings. The van der Waals surface area contributed by atoms with E-state index in [2.05, 4.69) is 15.5 Å². The van der Waals surface area contributed by atoms with Crippen LogP contribution in [0.3, 0.4) is 0 Å². The van der Waals surface area contributed by atoms with Crippen LogP contribution in [0.5, 0.6) is 5.75 Å². The van der Waals surface area contributed by atoms with Gasteiger partial charge in [-0.3, -0.25) is 9.89 Å². The summed E-state index contributed by atoms with van der Waals surface area (Å²) in [5, 5.41) is 10.1. The van der Waals surface area contributed by atoms with Crippen LogP contribution in [0.15, 0.2) is 59.5 Å². The van der Waals surface area contributed by atoms with E-state index in [0.29, 0.717) is 11.4 Å². The minimum Gasteiger partial charge on any atom is -0.496 e. The molecule has 2 heterocycles. The van der Waals surface area contributed by atoms with Crippen LogP contribution in [-0.2, 0) is 4.74 Å². The molecule has 2 N–H and O–H groups in total. The summed E-state index contributed by atoms with van der Waals surface area (Å²) in [6.07, 6.45) is 2.47. The molecule has 7 heteroatoms. The van der Waals surface area contributed by atoms with Gasteiger partial charge in [-0.2, -0.15) is 5.10 Å². The highest BCUT2D eigenvalue weighted by Gasteiger charge is 2.18. The van der Waals surface area contributed by atoms with E-state index in [-0.39, 0.29) is 12.0 Å². The van der Waals surface area contributed by atoms with Crippen LogP contribution in [0.25, 0.3) is 11.3 Å². The first-order valence-corrected chi connectivity index (χ1v) is 10.6. The summed E-state index contributed by atoms with van der Waals surface area (Å²) in [7, 11) is 1.63. The number of hydrogen-bond donors (Lipinski definition) is 2. The Morgan fingerprint density at radius 1 is 1.28 bits per heavy atom. The Labute approximate surface area is 174 Å². The summed E-state index contributed by atoms with van der Waals surface area (Å²) in [5.41, 5.74) is 2.30. The number of aromatic nitrogens is 2. The second-order valence-electron chi connectivity index (χ2n) is 6.76. The van der Waals surface area contributed by atoms with Crippen molar-refractivity contribution in [2.24, 2.45) is 0 Å². The molecule has 1 atom stereocenters. The Balaban J connectivity index is 1.47. The van der Waals surface area contributed by atoms with Crippen LogP contribution in [0.1, 0.15) is 23.2 Å². The first-order chi connectivity index (χ1) is 14.2. The number of aromatic amines is 1. The fourth-order valence-electron chi connectivity index (χ4n) is 3.31. The first-order valence-electron chi connectivity index (χ1n) is 9.58. The van der Waals surface area contributed by atoms with Crippen molar-refractivity contribution in [2.45, 2.75) is 23.8 Å². The number of rotatable bonds is 7. The molecule has 0 spiro atoms. The summed E-state index contributed by atoms with van der Waals surface area (Å²) in [4.78, 5) is 13.8. The third-order valence-corrected chi connectivity index (χ3v) is 6.00. The summed E-state index contributed by atoms with van der Waals surface area (Å²) < 4.78 is 11.1. The van der Waals surface area contributed by atoms with Crippen molar-refractivity contribution in [2.75, 3.05) is 24.8 Å². The van der Waals surface area contributed by atoms with Crippen LogP contribution in [-0.4, -0.2) is 41.7 Å². The standard InChI is InChI=1S/C22H23N3O3S/c1-27-19-10-4-2-8-16(19)18-13-21(25-24-18)23-22(26)17-9-3-5-11-20(17)29-14-15-7-6-12-28-15/h2-5,8-11,13,15H,6-7,12,14H2,1H3,(H2,23,24,25,26). The minimum absolute atomic E-state index is 0.182. The molecule has 1 fully saturated rings. The second-order valence-corrected chi connectivity index (χ2v) is 7.83. The molecule has 1 aliphatic heterocycles. The number of carbonyl (C=O) groups excluding carboxylic acids is 1. The molecule has 150 valence electrons. The van der Waals surface area contributed by atoms with Crippen LogP contribution >= 0.6 is 11.8 Å². The van der Waals surface area contributed by atoms with Crippen LogP contribution in [0, 0.1) is 0 Å². The van der Waals surface area contributed by atoms with Crippen molar-refractivity contribution < 1.29 is 14.3 Å². The summed E-state index contributed by atoms with van der Waals surface area (Å²) in [6.45, 7) is 0.834. The molecular weight excluding hydrogens is 386 g/mol. The molecule has 3 aromatic rings. The Kier molecular flexibility index (Phi) is 6.17. The van der Waals surface area contributed by atoms with Gasteiger partial charge in [0, 0.05) is 28.9 Å². The van der Waals surface area contributed by atoms with E-state index in [4.69, 9.17) is 9.47 Å². The predicted octanol–water partition coefficient (Wildman–Crippen LogP) is 4.61. The van der Waals surface area contributed by atoms with Gasteiger partial charge in [-0.15, -0.1) is 11.8 Å². The van der Waals surface area contributed by atoms with E-state index in [1.165, 1.54) is 0 Å². The minimum atomic E-state index is -0.182. The van der Waals surface area contributed by atoms with Gasteiger partial charge in [0.2, 0.25) is 0 Å². The molecular formula is C22H23N3O3S. The fourth-order valence-corrected chi connectivity index (χ4v) is 4.43. The maximum Gasteiger partial charge on any atom is 0.257 e. The van der Waals surface area contributed by atoms with Crippen molar-refractivity contribution in [1.82, 2.24) is 10.2 Å². The normalized spacial score (nSPS) is 16.0. The van der Waals surface area contributed by atoms with Gasteiger partial charge in [-0.1, -0.05) is 24.3 Å². The molecule has 1 aromatic heterocycles. The van der Waals surface area contributed by atoms with Gasteiger partial charge < -0.3 is 14.8 Å². The van der Waals surface area contributed by atoms with Gasteiger partial charge in [0.05, 0.1) is 24.5 Å². The molecule has 29 heavy (non-hydrogen) atoms. The average molecular weight is 410 g/mol. The van der Waals surface area contributed by atoms with E-state index >= 15 is 0 Å². The van der Waals surface area contributed by atoms with Crippen molar-refractivity contribution in [1.29, 1.82) is 0 Å². The second kappa shape index (κ2) is 9.15.